The van der Waals surface area contributed by atoms with Crippen molar-refractivity contribution < 1.29 is 4.79 Å². The Morgan fingerprint density at radius 2 is 1.95 bits per heavy atom. The molecule has 0 aliphatic heterocycles. The van der Waals surface area contributed by atoms with E-state index in [0.717, 1.165) is 17.7 Å². The smallest absolute Gasteiger partial charge is 0.204 e. The minimum Gasteiger partial charge on any atom is -0.288 e. The van der Waals surface area contributed by atoms with Crippen molar-refractivity contribution >= 4 is 40.3 Å². The zero-order valence-electron chi connectivity index (χ0n) is 10.2. The zero-order valence-corrected chi connectivity index (χ0v) is 12.5. The van der Waals surface area contributed by atoms with E-state index >= 15 is 0 Å². The third-order valence-electron chi connectivity index (χ3n) is 3.42. The van der Waals surface area contributed by atoms with Crippen molar-refractivity contribution in [3.8, 4) is 0 Å². The number of halogens is 2. The van der Waals surface area contributed by atoms with E-state index < -0.39 is 0 Å². The number of hydrogen-bond donors (Lipinski definition) is 0. The van der Waals surface area contributed by atoms with Gasteiger partial charge in [0.1, 0.15) is 0 Å². The second-order valence-corrected chi connectivity index (χ2v) is 6.62. The monoisotopic (exact) mass is 310 g/mol. The van der Waals surface area contributed by atoms with Crippen LogP contribution in [0.25, 0.3) is 0 Å². The van der Waals surface area contributed by atoms with Crippen molar-refractivity contribution in [1.29, 1.82) is 0 Å². The van der Waals surface area contributed by atoms with Crippen molar-refractivity contribution in [3.63, 3.8) is 0 Å². The van der Waals surface area contributed by atoms with Gasteiger partial charge in [-0.1, -0.05) is 29.3 Å². The van der Waals surface area contributed by atoms with Crippen molar-refractivity contribution in [3.05, 3.63) is 55.2 Å². The summed E-state index contributed by atoms with van der Waals surface area (Å²) in [6.07, 6.45) is 4.62. The number of aryl methyl sites for hydroxylation is 2. The topological polar surface area (TPSA) is 17.1 Å². The minimum atomic E-state index is -0.0214. The largest absolute Gasteiger partial charge is 0.288 e. The lowest BCUT2D eigenvalue weighted by atomic mass is 9.98. The van der Waals surface area contributed by atoms with Crippen LogP contribution in [0.3, 0.4) is 0 Å². The Morgan fingerprint density at radius 1 is 1.16 bits per heavy atom. The van der Waals surface area contributed by atoms with E-state index in [2.05, 4.69) is 0 Å². The van der Waals surface area contributed by atoms with Gasteiger partial charge in [-0.2, -0.15) is 0 Å². The number of rotatable bonds is 2. The van der Waals surface area contributed by atoms with Gasteiger partial charge in [-0.25, -0.2) is 0 Å². The first-order chi connectivity index (χ1) is 9.16. The second-order valence-electron chi connectivity index (χ2n) is 4.70. The number of thiophene rings is 1. The summed E-state index contributed by atoms with van der Waals surface area (Å²) in [5, 5.41) is 0.773. The molecule has 1 heterocycles. The Labute approximate surface area is 126 Å². The molecule has 1 nitrogen and oxygen atoms in total. The number of ketones is 1. The van der Waals surface area contributed by atoms with Gasteiger partial charge < -0.3 is 0 Å². The Balaban J connectivity index is 2.00. The Kier molecular flexibility index (Phi) is 3.66. The molecule has 0 spiro atoms. The molecule has 1 aliphatic rings. The van der Waals surface area contributed by atoms with Gasteiger partial charge in [0.15, 0.2) is 0 Å². The standard InChI is InChI=1S/C15H12Cl2OS/c16-11-6-3-5-10(14(11)17)15(18)13-8-9-4-1-2-7-12(9)19-13/h3,5-6,8H,1-2,4,7H2. The quantitative estimate of drug-likeness (QED) is 0.700. The first-order valence-electron chi connectivity index (χ1n) is 6.27. The molecule has 0 saturated heterocycles. The molecule has 0 N–H and O–H groups in total. The number of hydrogen-bond acceptors (Lipinski definition) is 2. The molecule has 0 fully saturated rings. The van der Waals surface area contributed by atoms with Crippen LogP contribution < -0.4 is 0 Å². The molecule has 0 amide bonds. The molecule has 1 aromatic heterocycles. The molecular weight excluding hydrogens is 299 g/mol. The maximum Gasteiger partial charge on any atom is 0.204 e. The molecular formula is C15H12Cl2OS. The lowest BCUT2D eigenvalue weighted by Crippen LogP contribution is -1.99. The summed E-state index contributed by atoms with van der Waals surface area (Å²) in [6, 6.07) is 7.21. The van der Waals surface area contributed by atoms with Crippen LogP contribution in [-0.4, -0.2) is 5.78 Å². The van der Waals surface area contributed by atoms with Gasteiger partial charge in [-0.3, -0.25) is 4.79 Å². The molecule has 0 atom stereocenters. The maximum absolute atomic E-state index is 12.5. The van der Waals surface area contributed by atoms with Gasteiger partial charge in [-0.15, -0.1) is 11.3 Å². The van der Waals surface area contributed by atoms with E-state index in [-0.39, 0.29) is 5.78 Å². The summed E-state index contributed by atoms with van der Waals surface area (Å²) < 4.78 is 0. The summed E-state index contributed by atoms with van der Waals surface area (Å²) in [5.74, 6) is -0.0214. The first-order valence-corrected chi connectivity index (χ1v) is 7.84. The SMILES string of the molecule is O=C(c1cc2c(s1)CCCC2)c1cccc(Cl)c1Cl. The molecule has 0 unspecified atom stereocenters. The fraction of sp³-hybridized carbons (Fsp3) is 0.267. The summed E-state index contributed by atoms with van der Waals surface area (Å²) in [5.41, 5.74) is 1.82. The van der Waals surface area contributed by atoms with Crippen LogP contribution in [0.1, 0.15) is 38.5 Å². The average Bonchev–Trinajstić information content (AvgIpc) is 2.85. The van der Waals surface area contributed by atoms with Crippen molar-refractivity contribution in [2.24, 2.45) is 0 Å². The molecule has 0 saturated carbocycles. The molecule has 1 aromatic carbocycles. The summed E-state index contributed by atoms with van der Waals surface area (Å²) in [4.78, 5) is 14.6. The van der Waals surface area contributed by atoms with Gasteiger partial charge >= 0.3 is 0 Å². The predicted molar refractivity (Wildman–Crippen MR) is 80.9 cm³/mol. The lowest BCUT2D eigenvalue weighted by Gasteiger charge is -2.08. The highest BCUT2D eigenvalue weighted by atomic mass is 35.5. The zero-order chi connectivity index (χ0) is 13.4. The first kappa shape index (κ1) is 13.2. The molecule has 19 heavy (non-hydrogen) atoms. The highest BCUT2D eigenvalue weighted by Crippen LogP contribution is 2.33. The number of benzene rings is 1. The molecule has 98 valence electrons. The van der Waals surface area contributed by atoms with Gasteiger partial charge in [0.05, 0.1) is 14.9 Å². The number of fused-ring (bicyclic) bond motifs is 1. The summed E-state index contributed by atoms with van der Waals surface area (Å²) in [6.45, 7) is 0. The van der Waals surface area contributed by atoms with Crippen LogP contribution in [0, 0.1) is 0 Å². The van der Waals surface area contributed by atoms with E-state index in [1.807, 2.05) is 6.07 Å². The van der Waals surface area contributed by atoms with Crippen LogP contribution in [0.2, 0.25) is 10.0 Å². The third-order valence-corrected chi connectivity index (χ3v) is 5.47. The van der Waals surface area contributed by atoms with Gasteiger partial charge in [0.25, 0.3) is 0 Å². The van der Waals surface area contributed by atoms with E-state index in [9.17, 15) is 4.79 Å². The number of carbonyl (C=O) groups excluding carboxylic acids is 1. The predicted octanol–water partition coefficient (Wildman–Crippen LogP) is 5.16. The van der Waals surface area contributed by atoms with Gasteiger partial charge in [0, 0.05) is 10.4 Å². The van der Waals surface area contributed by atoms with Gasteiger partial charge in [0.2, 0.25) is 5.78 Å². The van der Waals surface area contributed by atoms with Crippen molar-refractivity contribution in [2.75, 3.05) is 0 Å². The van der Waals surface area contributed by atoms with Crippen molar-refractivity contribution in [2.45, 2.75) is 25.7 Å². The lowest BCUT2D eigenvalue weighted by molar-refractivity contribution is 0.104. The summed E-state index contributed by atoms with van der Waals surface area (Å²) in [7, 11) is 0. The fourth-order valence-corrected chi connectivity index (χ4v) is 4.01. The molecule has 0 radical (unpaired) electrons. The molecule has 0 bridgehead atoms. The highest BCUT2D eigenvalue weighted by molar-refractivity contribution is 7.14. The van der Waals surface area contributed by atoms with E-state index in [1.54, 1.807) is 29.5 Å². The highest BCUT2D eigenvalue weighted by Gasteiger charge is 2.20. The Bertz CT molecular complexity index is 622. The van der Waals surface area contributed by atoms with Crippen LogP contribution in [0.15, 0.2) is 24.3 Å². The van der Waals surface area contributed by atoms with E-state index in [4.69, 9.17) is 23.2 Å². The second kappa shape index (κ2) is 5.28. The van der Waals surface area contributed by atoms with Crippen LogP contribution in [0.5, 0.6) is 0 Å². The van der Waals surface area contributed by atoms with Crippen molar-refractivity contribution in [1.82, 2.24) is 0 Å². The molecule has 2 aromatic rings. The number of carbonyl (C=O) groups is 1. The fourth-order valence-electron chi connectivity index (χ4n) is 2.41. The van der Waals surface area contributed by atoms with Crippen LogP contribution in [-0.2, 0) is 12.8 Å². The summed E-state index contributed by atoms with van der Waals surface area (Å²) >= 11 is 13.7. The average molecular weight is 311 g/mol. The Hall–Kier alpha value is -0.830. The Morgan fingerprint density at radius 3 is 2.74 bits per heavy atom. The van der Waals surface area contributed by atoms with E-state index in [1.165, 1.54) is 23.3 Å². The normalized spacial score (nSPS) is 14.2. The van der Waals surface area contributed by atoms with Crippen LogP contribution >= 0.6 is 34.5 Å². The van der Waals surface area contributed by atoms with Crippen LogP contribution in [0.4, 0.5) is 0 Å². The van der Waals surface area contributed by atoms with E-state index in [0.29, 0.717) is 15.6 Å². The van der Waals surface area contributed by atoms with Gasteiger partial charge in [-0.05, 0) is 49.4 Å². The maximum atomic E-state index is 12.5. The molecule has 3 rings (SSSR count). The molecule has 4 heteroatoms. The molecule has 1 aliphatic carbocycles. The third kappa shape index (κ3) is 2.45. The minimum absolute atomic E-state index is 0.0214.